The summed E-state index contributed by atoms with van der Waals surface area (Å²) in [5.41, 5.74) is 1.28. The minimum absolute atomic E-state index is 0.0308. The zero-order valence-electron chi connectivity index (χ0n) is 16.6. The Balaban J connectivity index is 1.73. The number of ether oxygens (including phenoxy) is 2. The maximum atomic E-state index is 12.5. The van der Waals surface area contributed by atoms with Gasteiger partial charge in [0.05, 0.1) is 13.0 Å². The maximum Gasteiger partial charge on any atom is 0.306 e. The number of hydrogen-bond acceptors (Lipinski definition) is 6. The van der Waals surface area contributed by atoms with E-state index in [4.69, 9.17) is 21.7 Å². The van der Waals surface area contributed by atoms with Crippen LogP contribution in [-0.4, -0.2) is 61.2 Å². The quantitative estimate of drug-likeness (QED) is 0.377. The lowest BCUT2D eigenvalue weighted by Gasteiger charge is -2.26. The first-order chi connectivity index (χ1) is 14.0. The van der Waals surface area contributed by atoms with Gasteiger partial charge >= 0.3 is 5.97 Å². The predicted octanol–water partition coefficient (Wildman–Crippen LogP) is 2.10. The van der Waals surface area contributed by atoms with Gasteiger partial charge in [0.2, 0.25) is 5.91 Å². The number of anilines is 1. The Morgan fingerprint density at radius 3 is 2.38 bits per heavy atom. The van der Waals surface area contributed by atoms with E-state index < -0.39 is 5.97 Å². The van der Waals surface area contributed by atoms with Crippen LogP contribution in [0.1, 0.15) is 42.5 Å². The average Bonchev–Trinajstić information content (AvgIpc) is 2.73. The van der Waals surface area contributed by atoms with Gasteiger partial charge in [0.15, 0.2) is 5.11 Å². The number of esters is 1. The number of rotatable bonds is 8. The van der Waals surface area contributed by atoms with E-state index in [1.54, 1.807) is 24.3 Å². The average molecular weight is 422 g/mol. The summed E-state index contributed by atoms with van der Waals surface area (Å²) in [5, 5.41) is 5.53. The summed E-state index contributed by atoms with van der Waals surface area (Å²) in [6.07, 6.45) is 3.20. The number of hydrogen-bond donors (Lipinski definition) is 2. The molecule has 29 heavy (non-hydrogen) atoms. The van der Waals surface area contributed by atoms with Crippen molar-refractivity contribution in [2.75, 3.05) is 38.7 Å². The Labute approximate surface area is 175 Å². The number of carbonyl (C=O) groups is 3. The molecule has 0 spiro atoms. The molecule has 1 aromatic carbocycles. The molecule has 0 aliphatic carbocycles. The summed E-state index contributed by atoms with van der Waals surface area (Å²) in [6.45, 7) is 2.07. The summed E-state index contributed by atoms with van der Waals surface area (Å²) in [6, 6.07) is 6.95. The summed E-state index contributed by atoms with van der Waals surface area (Å²) in [5.74, 6) is -0.822. The van der Waals surface area contributed by atoms with Crippen LogP contribution in [0.25, 0.3) is 0 Å². The largest absolute Gasteiger partial charge is 0.463 e. The molecule has 0 bridgehead atoms. The molecule has 1 fully saturated rings. The minimum Gasteiger partial charge on any atom is -0.463 e. The predicted molar refractivity (Wildman–Crippen MR) is 113 cm³/mol. The lowest BCUT2D eigenvalue weighted by molar-refractivity contribution is -0.146. The second-order valence-electron chi connectivity index (χ2n) is 6.65. The third-order valence-electron chi connectivity index (χ3n) is 4.39. The zero-order chi connectivity index (χ0) is 21.1. The molecule has 2 amide bonds. The summed E-state index contributed by atoms with van der Waals surface area (Å²) < 4.78 is 9.66. The molecule has 2 N–H and O–H groups in total. The smallest absolute Gasteiger partial charge is 0.306 e. The molecule has 0 saturated carbocycles. The molecule has 0 radical (unpaired) electrons. The number of thiocarbonyl (C=S) groups is 1. The highest BCUT2D eigenvalue weighted by atomic mass is 32.1. The number of likely N-dealkylation sites (tertiary alicyclic amines) is 1. The van der Waals surface area contributed by atoms with Gasteiger partial charge in [-0.15, -0.1) is 0 Å². The Bertz CT molecular complexity index is 717. The van der Waals surface area contributed by atoms with E-state index >= 15 is 0 Å². The highest BCUT2D eigenvalue weighted by Crippen LogP contribution is 2.15. The monoisotopic (exact) mass is 421 g/mol. The summed E-state index contributed by atoms with van der Waals surface area (Å²) >= 11 is 5.11. The molecule has 2 rings (SSSR count). The highest BCUT2D eigenvalue weighted by molar-refractivity contribution is 7.80. The molecule has 1 aliphatic heterocycles. The van der Waals surface area contributed by atoms with Crippen molar-refractivity contribution in [1.82, 2.24) is 10.2 Å². The van der Waals surface area contributed by atoms with Crippen LogP contribution in [-0.2, 0) is 19.1 Å². The number of nitrogens with one attached hydrogen (secondary N) is 2. The van der Waals surface area contributed by atoms with Crippen LogP contribution in [0.15, 0.2) is 24.3 Å². The van der Waals surface area contributed by atoms with Crippen LogP contribution in [0, 0.1) is 0 Å². The van der Waals surface area contributed by atoms with E-state index in [0.717, 1.165) is 25.9 Å². The van der Waals surface area contributed by atoms with Gasteiger partial charge in [-0.1, -0.05) is 0 Å². The first kappa shape index (κ1) is 22.8. The van der Waals surface area contributed by atoms with E-state index in [1.807, 2.05) is 4.90 Å². The van der Waals surface area contributed by atoms with Crippen molar-refractivity contribution in [3.63, 3.8) is 0 Å². The highest BCUT2D eigenvalue weighted by Gasteiger charge is 2.18. The van der Waals surface area contributed by atoms with Crippen molar-refractivity contribution in [3.8, 4) is 0 Å². The fraction of sp³-hybridized carbons (Fsp3) is 0.500. The third-order valence-corrected chi connectivity index (χ3v) is 4.60. The van der Waals surface area contributed by atoms with Crippen LogP contribution < -0.4 is 10.6 Å². The van der Waals surface area contributed by atoms with E-state index in [9.17, 15) is 14.4 Å². The van der Waals surface area contributed by atoms with Crippen LogP contribution in [0.2, 0.25) is 0 Å². The Morgan fingerprint density at radius 2 is 1.72 bits per heavy atom. The Morgan fingerprint density at radius 1 is 1.03 bits per heavy atom. The van der Waals surface area contributed by atoms with Crippen LogP contribution in [0.5, 0.6) is 0 Å². The molecule has 0 atom stereocenters. The van der Waals surface area contributed by atoms with Crippen molar-refractivity contribution in [3.05, 3.63) is 29.8 Å². The summed E-state index contributed by atoms with van der Waals surface area (Å²) in [7, 11) is 1.51. The van der Waals surface area contributed by atoms with Gasteiger partial charge in [0.25, 0.3) is 5.91 Å². The van der Waals surface area contributed by atoms with Crippen LogP contribution in [0.4, 0.5) is 5.69 Å². The molecular formula is C20H27N3O5S. The number of nitrogens with zero attached hydrogens (tertiary/aromatic N) is 1. The fourth-order valence-electron chi connectivity index (χ4n) is 2.85. The van der Waals surface area contributed by atoms with E-state index in [1.165, 1.54) is 13.5 Å². The number of benzene rings is 1. The van der Waals surface area contributed by atoms with Crippen molar-refractivity contribution < 1.29 is 23.9 Å². The zero-order valence-corrected chi connectivity index (χ0v) is 17.4. The second-order valence-corrected chi connectivity index (χ2v) is 7.05. The van der Waals surface area contributed by atoms with E-state index in [2.05, 4.69) is 10.6 Å². The fourth-order valence-corrected chi connectivity index (χ4v) is 3.09. The molecular weight excluding hydrogens is 394 g/mol. The molecule has 9 heteroatoms. The molecule has 0 unspecified atom stereocenters. The van der Waals surface area contributed by atoms with Crippen LogP contribution >= 0.6 is 12.2 Å². The standard InChI is InChI=1S/C20H27N3O5S/c1-27-13-14-28-18(25)10-9-17(24)22-20(29)21-16-7-5-15(6-8-16)19(26)23-11-3-2-4-12-23/h5-8H,2-4,9-14H2,1H3,(H2,21,22,24,29). The molecule has 1 heterocycles. The van der Waals surface area contributed by atoms with Crippen LogP contribution in [0.3, 0.4) is 0 Å². The second kappa shape index (κ2) is 12.1. The third kappa shape index (κ3) is 8.16. The Kier molecular flexibility index (Phi) is 9.52. The topological polar surface area (TPSA) is 97.0 Å². The van der Waals surface area contributed by atoms with Gasteiger partial charge in [-0.3, -0.25) is 14.4 Å². The van der Waals surface area contributed by atoms with Gasteiger partial charge in [0.1, 0.15) is 6.61 Å². The van der Waals surface area contributed by atoms with Gasteiger partial charge in [0, 0.05) is 37.9 Å². The minimum atomic E-state index is -0.468. The first-order valence-electron chi connectivity index (χ1n) is 9.64. The van der Waals surface area contributed by atoms with Gasteiger partial charge < -0.3 is 25.0 Å². The maximum absolute atomic E-state index is 12.5. The van der Waals surface area contributed by atoms with Gasteiger partial charge in [-0.25, -0.2) is 0 Å². The van der Waals surface area contributed by atoms with Gasteiger partial charge in [-0.2, -0.15) is 0 Å². The molecule has 1 saturated heterocycles. The lowest BCUT2D eigenvalue weighted by Crippen LogP contribution is -2.35. The molecule has 0 aromatic heterocycles. The Hall–Kier alpha value is -2.52. The molecule has 158 valence electrons. The van der Waals surface area contributed by atoms with Crippen molar-refractivity contribution in [2.45, 2.75) is 32.1 Å². The first-order valence-corrected chi connectivity index (χ1v) is 10.0. The number of carbonyl (C=O) groups excluding carboxylic acids is 3. The number of piperidine rings is 1. The van der Waals surface area contributed by atoms with Crippen molar-refractivity contribution in [2.24, 2.45) is 0 Å². The lowest BCUT2D eigenvalue weighted by atomic mass is 10.1. The summed E-state index contributed by atoms with van der Waals surface area (Å²) in [4.78, 5) is 37.7. The van der Waals surface area contributed by atoms with E-state index in [-0.39, 0.29) is 36.4 Å². The number of amides is 2. The normalized spacial score (nSPS) is 13.5. The molecule has 1 aromatic rings. The van der Waals surface area contributed by atoms with Crippen molar-refractivity contribution >= 4 is 40.8 Å². The van der Waals surface area contributed by atoms with Crippen molar-refractivity contribution in [1.29, 1.82) is 0 Å². The number of methoxy groups -OCH3 is 1. The molecule has 1 aliphatic rings. The van der Waals surface area contributed by atoms with Gasteiger partial charge in [-0.05, 0) is 55.7 Å². The molecule has 8 nitrogen and oxygen atoms in total. The van der Waals surface area contributed by atoms with E-state index in [0.29, 0.717) is 17.9 Å². The SMILES string of the molecule is COCCOC(=O)CCC(=O)NC(=S)Nc1ccc(C(=O)N2CCCCC2)cc1.